The molecular weight excluding hydrogens is 303 g/mol. The predicted molar refractivity (Wildman–Crippen MR) is 70.3 cm³/mol. The van der Waals surface area contributed by atoms with Gasteiger partial charge in [-0.25, -0.2) is 4.98 Å². The summed E-state index contributed by atoms with van der Waals surface area (Å²) in [5, 5.41) is 0. The van der Waals surface area contributed by atoms with Crippen molar-refractivity contribution in [3.05, 3.63) is 25.4 Å². The molecule has 1 rings (SSSR count). The number of hydrogen-bond donors (Lipinski definition) is 1. The zero-order valence-corrected chi connectivity index (χ0v) is 11.6. The minimum atomic E-state index is 0.00403. The molecule has 1 N–H and O–H groups in total. The quantitative estimate of drug-likeness (QED) is 0.867. The Hall–Kier alpha value is -0.390. The summed E-state index contributed by atoms with van der Waals surface area (Å²) in [6, 6.07) is 0. The summed E-state index contributed by atoms with van der Waals surface area (Å²) in [5.74, 6) is 1.15. The van der Waals surface area contributed by atoms with Crippen LogP contribution < -0.4 is 5.56 Å². The first-order valence-electron chi connectivity index (χ1n) is 5.38. The van der Waals surface area contributed by atoms with E-state index in [4.69, 9.17) is 0 Å². The number of aryl methyl sites for hydroxylation is 1. The fourth-order valence-corrected chi connectivity index (χ4v) is 1.88. The van der Waals surface area contributed by atoms with Gasteiger partial charge in [0.1, 0.15) is 5.82 Å². The van der Waals surface area contributed by atoms with E-state index >= 15 is 0 Å². The Kier molecular flexibility index (Phi) is 4.76. The Labute approximate surface area is 104 Å². The number of aromatic amines is 1. The first kappa shape index (κ1) is 12.7. The molecule has 1 atom stereocenters. The zero-order chi connectivity index (χ0) is 11.4. The van der Waals surface area contributed by atoms with Gasteiger partial charge in [0.25, 0.3) is 5.56 Å². The first-order valence-corrected chi connectivity index (χ1v) is 6.46. The van der Waals surface area contributed by atoms with E-state index in [0.717, 1.165) is 34.4 Å². The molecule has 0 saturated carbocycles. The van der Waals surface area contributed by atoms with Crippen molar-refractivity contribution in [3.63, 3.8) is 0 Å². The predicted octanol–water partition coefficient (Wildman–Crippen LogP) is 2.84. The van der Waals surface area contributed by atoms with Crippen molar-refractivity contribution in [3.8, 4) is 0 Å². The molecule has 84 valence electrons. The minimum absolute atomic E-state index is 0.00403. The summed E-state index contributed by atoms with van der Waals surface area (Å²) in [4.78, 5) is 19.0. The second kappa shape index (κ2) is 5.63. The summed E-state index contributed by atoms with van der Waals surface area (Å²) in [6.07, 6.45) is 2.90. The van der Waals surface area contributed by atoms with E-state index in [-0.39, 0.29) is 5.56 Å². The van der Waals surface area contributed by atoms with Crippen molar-refractivity contribution in [2.45, 2.75) is 46.0 Å². The lowest BCUT2D eigenvalue weighted by Gasteiger charge is -2.10. The van der Waals surface area contributed by atoms with Crippen molar-refractivity contribution >= 4 is 22.6 Å². The standard InChI is InChI=1S/C11H17IN2O/c1-4-6-8-9(12)11(15)14-10(13-8)7(3)5-2/h7H,4-6H2,1-3H3,(H,13,14,15). The Morgan fingerprint density at radius 1 is 1.47 bits per heavy atom. The van der Waals surface area contributed by atoms with Gasteiger partial charge in [-0.2, -0.15) is 0 Å². The van der Waals surface area contributed by atoms with E-state index in [9.17, 15) is 4.79 Å². The van der Waals surface area contributed by atoms with Crippen molar-refractivity contribution in [1.29, 1.82) is 0 Å². The van der Waals surface area contributed by atoms with Crippen LogP contribution in [0.1, 0.15) is 51.0 Å². The molecule has 0 saturated heterocycles. The smallest absolute Gasteiger partial charge is 0.264 e. The summed E-state index contributed by atoms with van der Waals surface area (Å²) in [7, 11) is 0. The SMILES string of the molecule is CCCc1nc(C(C)CC)[nH]c(=O)c1I. The molecule has 1 aromatic heterocycles. The molecule has 1 heterocycles. The van der Waals surface area contributed by atoms with Gasteiger partial charge in [0.15, 0.2) is 0 Å². The average molecular weight is 320 g/mol. The van der Waals surface area contributed by atoms with E-state index in [2.05, 4.69) is 53.3 Å². The minimum Gasteiger partial charge on any atom is -0.309 e. The first-order chi connectivity index (χ1) is 7.10. The summed E-state index contributed by atoms with van der Waals surface area (Å²) < 4.78 is 0.738. The van der Waals surface area contributed by atoms with E-state index in [1.807, 2.05) is 0 Å². The highest BCUT2D eigenvalue weighted by atomic mass is 127. The fraction of sp³-hybridized carbons (Fsp3) is 0.636. The topological polar surface area (TPSA) is 45.8 Å². The largest absolute Gasteiger partial charge is 0.309 e. The average Bonchev–Trinajstić information content (AvgIpc) is 2.23. The highest BCUT2D eigenvalue weighted by Crippen LogP contribution is 2.15. The van der Waals surface area contributed by atoms with Crippen molar-refractivity contribution in [2.75, 3.05) is 0 Å². The van der Waals surface area contributed by atoms with Gasteiger partial charge in [0.05, 0.1) is 9.26 Å². The Bertz CT molecular complexity index is 387. The van der Waals surface area contributed by atoms with Gasteiger partial charge < -0.3 is 4.98 Å². The van der Waals surface area contributed by atoms with E-state index in [1.54, 1.807) is 0 Å². The molecule has 0 fully saturated rings. The van der Waals surface area contributed by atoms with Gasteiger partial charge in [0.2, 0.25) is 0 Å². The van der Waals surface area contributed by atoms with Gasteiger partial charge in [0, 0.05) is 5.92 Å². The van der Waals surface area contributed by atoms with Crippen LogP contribution >= 0.6 is 22.6 Å². The number of rotatable bonds is 4. The number of nitrogens with zero attached hydrogens (tertiary/aromatic N) is 1. The van der Waals surface area contributed by atoms with Crippen LogP contribution in [0, 0.1) is 3.57 Å². The maximum Gasteiger partial charge on any atom is 0.264 e. The van der Waals surface area contributed by atoms with E-state index in [0.29, 0.717) is 5.92 Å². The lowest BCUT2D eigenvalue weighted by atomic mass is 10.1. The fourth-order valence-electron chi connectivity index (χ4n) is 1.35. The van der Waals surface area contributed by atoms with Crippen LogP contribution in [0.5, 0.6) is 0 Å². The maximum absolute atomic E-state index is 11.7. The third-order valence-electron chi connectivity index (χ3n) is 2.52. The normalized spacial score (nSPS) is 12.8. The summed E-state index contributed by atoms with van der Waals surface area (Å²) >= 11 is 2.07. The van der Waals surface area contributed by atoms with E-state index < -0.39 is 0 Å². The van der Waals surface area contributed by atoms with Crippen molar-refractivity contribution in [2.24, 2.45) is 0 Å². The van der Waals surface area contributed by atoms with Gasteiger partial charge >= 0.3 is 0 Å². The Balaban J connectivity index is 3.17. The van der Waals surface area contributed by atoms with Gasteiger partial charge in [-0.05, 0) is 35.4 Å². The van der Waals surface area contributed by atoms with Crippen LogP contribution in [0.25, 0.3) is 0 Å². The molecule has 0 aromatic carbocycles. The molecule has 0 aliphatic heterocycles. The number of nitrogens with one attached hydrogen (secondary N) is 1. The molecule has 0 amide bonds. The Morgan fingerprint density at radius 3 is 2.67 bits per heavy atom. The molecule has 1 unspecified atom stereocenters. The molecule has 15 heavy (non-hydrogen) atoms. The van der Waals surface area contributed by atoms with Crippen molar-refractivity contribution in [1.82, 2.24) is 9.97 Å². The molecule has 0 aliphatic carbocycles. The van der Waals surface area contributed by atoms with Crippen LogP contribution in [0.3, 0.4) is 0 Å². The highest BCUT2D eigenvalue weighted by Gasteiger charge is 2.11. The Morgan fingerprint density at radius 2 is 2.13 bits per heavy atom. The van der Waals surface area contributed by atoms with Crippen LogP contribution in [0.4, 0.5) is 0 Å². The highest BCUT2D eigenvalue weighted by molar-refractivity contribution is 14.1. The second-order valence-electron chi connectivity index (χ2n) is 3.77. The monoisotopic (exact) mass is 320 g/mol. The molecule has 0 bridgehead atoms. The molecule has 0 radical (unpaired) electrons. The summed E-state index contributed by atoms with van der Waals surface area (Å²) in [6.45, 7) is 6.28. The lowest BCUT2D eigenvalue weighted by Crippen LogP contribution is -2.19. The molecule has 3 nitrogen and oxygen atoms in total. The van der Waals surface area contributed by atoms with Gasteiger partial charge in [-0.3, -0.25) is 4.79 Å². The molecule has 0 spiro atoms. The van der Waals surface area contributed by atoms with Crippen LogP contribution in [0.2, 0.25) is 0 Å². The van der Waals surface area contributed by atoms with Crippen LogP contribution in [0.15, 0.2) is 4.79 Å². The lowest BCUT2D eigenvalue weighted by molar-refractivity contribution is 0.661. The zero-order valence-electron chi connectivity index (χ0n) is 9.43. The van der Waals surface area contributed by atoms with Gasteiger partial charge in [-0.1, -0.05) is 27.2 Å². The maximum atomic E-state index is 11.7. The second-order valence-corrected chi connectivity index (χ2v) is 4.85. The third-order valence-corrected chi connectivity index (χ3v) is 3.63. The van der Waals surface area contributed by atoms with Crippen LogP contribution in [-0.2, 0) is 6.42 Å². The number of halogens is 1. The molecular formula is C11H17IN2O. The number of aromatic nitrogens is 2. The number of hydrogen-bond acceptors (Lipinski definition) is 2. The molecule has 4 heteroatoms. The van der Waals surface area contributed by atoms with Gasteiger partial charge in [-0.15, -0.1) is 0 Å². The molecule has 1 aromatic rings. The third kappa shape index (κ3) is 3.03. The summed E-state index contributed by atoms with van der Waals surface area (Å²) in [5.41, 5.74) is 0.946. The van der Waals surface area contributed by atoms with E-state index in [1.165, 1.54) is 0 Å². The molecule has 0 aliphatic rings. The van der Waals surface area contributed by atoms with Crippen molar-refractivity contribution < 1.29 is 0 Å². The number of H-pyrrole nitrogens is 1. The van der Waals surface area contributed by atoms with Crippen LogP contribution in [-0.4, -0.2) is 9.97 Å².